The lowest BCUT2D eigenvalue weighted by Gasteiger charge is -2.46. The fourth-order valence-electron chi connectivity index (χ4n) is 2.31. The molecule has 3 heterocycles. The van der Waals surface area contributed by atoms with Crippen LogP contribution < -0.4 is 9.88 Å². The van der Waals surface area contributed by atoms with Crippen molar-refractivity contribution in [3.8, 4) is 0 Å². The number of aromatic nitrogens is 1. The third-order valence-electron chi connectivity index (χ3n) is 3.25. The molecule has 1 fully saturated rings. The highest BCUT2D eigenvalue weighted by atomic mass is 32.2. The summed E-state index contributed by atoms with van der Waals surface area (Å²) in [5.41, 5.74) is 1.20. The van der Waals surface area contributed by atoms with Gasteiger partial charge in [-0.15, -0.1) is 11.8 Å². The summed E-state index contributed by atoms with van der Waals surface area (Å²) in [5.74, 6) is 0.854. The molecule has 19 heavy (non-hydrogen) atoms. The van der Waals surface area contributed by atoms with Gasteiger partial charge in [-0.3, -0.25) is 9.59 Å². The third kappa shape index (κ3) is 2.23. The summed E-state index contributed by atoms with van der Waals surface area (Å²) >= 11 is 1.69. The molecule has 2 aliphatic heterocycles. The number of hydrogen-bond donors (Lipinski definition) is 1. The molecule has 0 unspecified atom stereocenters. The van der Waals surface area contributed by atoms with Crippen molar-refractivity contribution < 1.29 is 14.2 Å². The molecule has 2 aliphatic rings. The first-order valence-electron chi connectivity index (χ1n) is 6.07. The maximum atomic E-state index is 11.8. The van der Waals surface area contributed by atoms with E-state index in [0.29, 0.717) is 6.41 Å². The third-order valence-corrected chi connectivity index (χ3v) is 4.63. The minimum absolute atomic E-state index is 0.0279. The van der Waals surface area contributed by atoms with Crippen LogP contribution in [0.25, 0.3) is 0 Å². The zero-order valence-corrected chi connectivity index (χ0v) is 11.0. The van der Waals surface area contributed by atoms with Gasteiger partial charge in [-0.1, -0.05) is 6.07 Å². The van der Waals surface area contributed by atoms with E-state index in [2.05, 4.69) is 9.88 Å². The molecule has 2 amide bonds. The first-order valence-corrected chi connectivity index (χ1v) is 7.11. The quantitative estimate of drug-likeness (QED) is 0.474. The molecule has 0 radical (unpaired) electrons. The fraction of sp³-hybridized carbons (Fsp3) is 0.308. The first-order chi connectivity index (χ1) is 9.29. The van der Waals surface area contributed by atoms with Crippen LogP contribution >= 0.6 is 11.8 Å². The highest BCUT2D eigenvalue weighted by molar-refractivity contribution is 8.00. The van der Waals surface area contributed by atoms with Gasteiger partial charge in [0.25, 0.3) is 5.91 Å². The van der Waals surface area contributed by atoms with Crippen molar-refractivity contribution in [2.45, 2.75) is 18.0 Å². The average Bonchev–Trinajstić information content (AvgIpc) is 2.46. The number of β-lactam (4-membered cyclic amide) rings is 1. The first kappa shape index (κ1) is 12.2. The number of nitrogens with one attached hydrogen (secondary N) is 1. The van der Waals surface area contributed by atoms with Crippen molar-refractivity contribution in [3.63, 3.8) is 0 Å². The minimum atomic E-state index is -0.357. The summed E-state index contributed by atoms with van der Waals surface area (Å²) in [5, 5.41) is 2.63. The zero-order valence-electron chi connectivity index (χ0n) is 10.2. The summed E-state index contributed by atoms with van der Waals surface area (Å²) in [6.07, 6.45) is 6.53. The van der Waals surface area contributed by atoms with Crippen LogP contribution in [0.5, 0.6) is 0 Å². The molecule has 1 N–H and O–H groups in total. The second-order valence-electron chi connectivity index (χ2n) is 4.54. The molecule has 1 aromatic heterocycles. The van der Waals surface area contributed by atoms with Crippen LogP contribution in [0.4, 0.5) is 0 Å². The predicted octanol–water partition coefficient (Wildman–Crippen LogP) is -0.112. The van der Waals surface area contributed by atoms with E-state index in [1.807, 2.05) is 36.8 Å². The fourth-order valence-corrected chi connectivity index (χ4v) is 3.58. The Morgan fingerprint density at radius 3 is 2.95 bits per heavy atom. The van der Waals surface area contributed by atoms with Crippen LogP contribution in [-0.2, 0) is 16.1 Å². The molecule has 0 saturated carbocycles. The lowest BCUT2D eigenvalue weighted by atomic mass is 10.1. The van der Waals surface area contributed by atoms with E-state index in [0.717, 1.165) is 12.3 Å². The van der Waals surface area contributed by atoms with Gasteiger partial charge in [0.15, 0.2) is 18.9 Å². The molecule has 3 rings (SSSR count). The minimum Gasteiger partial charge on any atom is -0.344 e. The van der Waals surface area contributed by atoms with Gasteiger partial charge in [0, 0.05) is 29.7 Å². The van der Waals surface area contributed by atoms with Gasteiger partial charge in [-0.25, -0.2) is 4.57 Å². The molecule has 6 heteroatoms. The van der Waals surface area contributed by atoms with Crippen molar-refractivity contribution in [3.05, 3.63) is 42.4 Å². The van der Waals surface area contributed by atoms with Crippen LogP contribution in [0.2, 0.25) is 0 Å². The highest BCUT2D eigenvalue weighted by Gasteiger charge is 2.48. The van der Waals surface area contributed by atoms with E-state index in [4.69, 9.17) is 0 Å². The van der Waals surface area contributed by atoms with E-state index in [1.165, 1.54) is 5.57 Å². The molecule has 0 bridgehead atoms. The van der Waals surface area contributed by atoms with Crippen LogP contribution in [-0.4, -0.2) is 34.4 Å². The second-order valence-corrected chi connectivity index (χ2v) is 5.65. The number of hydrogen-bond acceptors (Lipinski definition) is 3. The van der Waals surface area contributed by atoms with Crippen molar-refractivity contribution in [2.75, 3.05) is 5.75 Å². The van der Waals surface area contributed by atoms with Crippen molar-refractivity contribution >= 4 is 24.1 Å². The van der Waals surface area contributed by atoms with Gasteiger partial charge in [0.1, 0.15) is 11.4 Å². The summed E-state index contributed by atoms with van der Waals surface area (Å²) in [4.78, 5) is 24.0. The van der Waals surface area contributed by atoms with Crippen LogP contribution in [0, 0.1) is 0 Å². The van der Waals surface area contributed by atoms with Gasteiger partial charge in [-0.05, 0) is 0 Å². The maximum Gasteiger partial charge on any atom is 0.253 e. The lowest BCUT2D eigenvalue weighted by Crippen LogP contribution is -2.67. The molecule has 2 atom stereocenters. The number of fused-ring (bicyclic) bond motifs is 1. The number of carbonyl (C=O) groups is 2. The van der Waals surface area contributed by atoms with Crippen LogP contribution in [0.1, 0.15) is 0 Å². The molecule has 0 aliphatic carbocycles. The number of amides is 2. The number of pyridine rings is 1. The van der Waals surface area contributed by atoms with Gasteiger partial charge in [0.2, 0.25) is 6.41 Å². The summed E-state index contributed by atoms with van der Waals surface area (Å²) in [7, 11) is 0. The molecular weight excluding hydrogens is 262 g/mol. The number of carbonyl (C=O) groups excluding carboxylic acids is 2. The van der Waals surface area contributed by atoms with E-state index >= 15 is 0 Å². The zero-order chi connectivity index (χ0) is 13.2. The highest BCUT2D eigenvalue weighted by Crippen LogP contribution is 2.35. The summed E-state index contributed by atoms with van der Waals surface area (Å²) < 4.78 is 2.08. The molecule has 1 saturated heterocycles. The number of thioether (sulfide) groups is 1. The average molecular weight is 276 g/mol. The molecule has 0 spiro atoms. The normalized spacial score (nSPS) is 25.2. The Labute approximate surface area is 115 Å². The SMILES string of the molecule is O=CN[C@@H]1C(=O)N2C=C(C[n+]3ccccc3)CS[C@H]12. The van der Waals surface area contributed by atoms with E-state index in [-0.39, 0.29) is 17.3 Å². The standard InChI is InChI=1S/C13H13N3O2S/c17-9-14-11-12(18)16-7-10(8-19-13(11)16)6-15-4-2-1-3-5-15/h1-5,7,9,11,13H,6,8H2/p+1/t11-,13-/m1/s1. The Hall–Kier alpha value is -1.82. The molecular formula is C13H14N3O2S+. The Morgan fingerprint density at radius 1 is 1.42 bits per heavy atom. The molecule has 5 nitrogen and oxygen atoms in total. The van der Waals surface area contributed by atoms with Gasteiger partial charge in [0.05, 0.1) is 0 Å². The van der Waals surface area contributed by atoms with Crippen molar-refractivity contribution in [1.29, 1.82) is 0 Å². The van der Waals surface area contributed by atoms with Crippen LogP contribution in [0.3, 0.4) is 0 Å². The summed E-state index contributed by atoms with van der Waals surface area (Å²) in [6.45, 7) is 0.788. The second kappa shape index (κ2) is 5.05. The molecule has 98 valence electrons. The Kier molecular flexibility index (Phi) is 3.25. The predicted molar refractivity (Wildman–Crippen MR) is 70.8 cm³/mol. The van der Waals surface area contributed by atoms with Crippen molar-refractivity contribution in [2.24, 2.45) is 0 Å². The molecule has 0 aromatic carbocycles. The monoisotopic (exact) mass is 276 g/mol. The van der Waals surface area contributed by atoms with E-state index < -0.39 is 0 Å². The van der Waals surface area contributed by atoms with Gasteiger partial charge >= 0.3 is 0 Å². The Bertz CT molecular complexity index is 532. The summed E-state index contributed by atoms with van der Waals surface area (Å²) in [6, 6.07) is 5.59. The maximum absolute atomic E-state index is 11.8. The topological polar surface area (TPSA) is 53.3 Å². The lowest BCUT2D eigenvalue weighted by molar-refractivity contribution is -0.689. The van der Waals surface area contributed by atoms with E-state index in [9.17, 15) is 9.59 Å². The Balaban J connectivity index is 1.69. The largest absolute Gasteiger partial charge is 0.344 e. The van der Waals surface area contributed by atoms with Gasteiger partial charge < -0.3 is 10.2 Å². The number of rotatable bonds is 4. The molecule has 1 aromatic rings. The Morgan fingerprint density at radius 2 is 2.21 bits per heavy atom. The van der Waals surface area contributed by atoms with Gasteiger partial charge in [-0.2, -0.15) is 0 Å². The number of nitrogens with zero attached hydrogens (tertiary/aromatic N) is 2. The van der Waals surface area contributed by atoms with E-state index in [1.54, 1.807) is 16.7 Å². The van der Waals surface area contributed by atoms with Crippen molar-refractivity contribution in [1.82, 2.24) is 10.2 Å². The van der Waals surface area contributed by atoms with Crippen LogP contribution in [0.15, 0.2) is 42.4 Å². The smallest absolute Gasteiger partial charge is 0.253 e.